The van der Waals surface area contributed by atoms with Crippen LogP contribution in [0.1, 0.15) is 54.5 Å². The minimum atomic E-state index is -0.997. The molecule has 9 heteroatoms. The smallest absolute Gasteiger partial charge is 0.326 e. The van der Waals surface area contributed by atoms with E-state index in [0.29, 0.717) is 28.5 Å². The van der Waals surface area contributed by atoms with Crippen LogP contribution in [0.2, 0.25) is 5.02 Å². The topological polar surface area (TPSA) is 83.4 Å². The number of nitrogens with zero attached hydrogens (tertiary/aromatic N) is 2. The van der Waals surface area contributed by atoms with Crippen LogP contribution in [-0.4, -0.2) is 35.9 Å². The van der Waals surface area contributed by atoms with E-state index in [0.717, 1.165) is 24.1 Å². The third-order valence-corrected chi connectivity index (χ3v) is 7.06. The van der Waals surface area contributed by atoms with Gasteiger partial charge in [0.25, 0.3) is 5.91 Å². The van der Waals surface area contributed by atoms with E-state index in [1.165, 1.54) is 32.2 Å². The van der Waals surface area contributed by atoms with Gasteiger partial charge in [0.2, 0.25) is 0 Å². The van der Waals surface area contributed by atoms with Gasteiger partial charge < -0.3 is 15.2 Å². The summed E-state index contributed by atoms with van der Waals surface area (Å²) in [5.74, 6) is -1.09. The number of amides is 3. The molecule has 0 fully saturated rings. The summed E-state index contributed by atoms with van der Waals surface area (Å²) in [6, 6.07) is 13.0. The average molecular weight is 525 g/mol. The number of carbonyl (C=O) groups is 3. The highest BCUT2D eigenvalue weighted by Crippen LogP contribution is 2.42. The molecule has 1 aliphatic heterocycles. The Morgan fingerprint density at radius 2 is 1.84 bits per heavy atom. The Kier molecular flexibility index (Phi) is 7.41. The van der Waals surface area contributed by atoms with Crippen molar-refractivity contribution >= 4 is 40.7 Å². The quantitative estimate of drug-likeness (QED) is 0.444. The Labute approximate surface area is 220 Å². The molecule has 0 bridgehead atoms. The number of benzene rings is 2. The fraction of sp³-hybridized carbons (Fsp3) is 0.321. The van der Waals surface area contributed by atoms with Crippen molar-refractivity contribution in [2.45, 2.75) is 45.6 Å². The van der Waals surface area contributed by atoms with E-state index in [1.807, 2.05) is 38.1 Å². The van der Waals surface area contributed by atoms with Gasteiger partial charge in [-0.05, 0) is 61.2 Å². The predicted octanol–water partition coefficient (Wildman–Crippen LogP) is 5.54. The van der Waals surface area contributed by atoms with Crippen LogP contribution in [-0.2, 0) is 23.2 Å². The highest BCUT2D eigenvalue weighted by molar-refractivity contribution is 6.31. The van der Waals surface area contributed by atoms with Crippen LogP contribution in [0, 0.1) is 5.82 Å². The van der Waals surface area contributed by atoms with Gasteiger partial charge in [-0.1, -0.05) is 43.6 Å². The lowest BCUT2D eigenvalue weighted by Crippen LogP contribution is -2.39. The number of rotatable bonds is 6. The van der Waals surface area contributed by atoms with Crippen LogP contribution in [0.25, 0.3) is 0 Å². The summed E-state index contributed by atoms with van der Waals surface area (Å²) in [7, 11) is 1.49. The summed E-state index contributed by atoms with van der Waals surface area (Å²) in [6.07, 6.45) is 1.70. The van der Waals surface area contributed by atoms with E-state index in [9.17, 15) is 18.8 Å². The number of Topliss-reactive ketones (excluding diaryl/α,β-unsaturated/α-hetero) is 1. The fourth-order valence-electron chi connectivity index (χ4n) is 5.05. The van der Waals surface area contributed by atoms with E-state index in [1.54, 1.807) is 15.5 Å². The Hall–Kier alpha value is -3.65. The Balaban J connectivity index is 1.88. The van der Waals surface area contributed by atoms with Crippen LogP contribution in [0.15, 0.2) is 48.5 Å². The third-order valence-electron chi connectivity index (χ3n) is 6.73. The maximum atomic E-state index is 14.3. The minimum absolute atomic E-state index is 0.114. The molecule has 3 amide bonds. The predicted molar refractivity (Wildman–Crippen MR) is 143 cm³/mol. The molecule has 7 nitrogen and oxygen atoms in total. The molecule has 0 unspecified atom stereocenters. The molecule has 0 aliphatic carbocycles. The number of urea groups is 1. The van der Waals surface area contributed by atoms with E-state index in [4.69, 9.17) is 11.6 Å². The van der Waals surface area contributed by atoms with Gasteiger partial charge in [-0.2, -0.15) is 0 Å². The zero-order valence-corrected chi connectivity index (χ0v) is 22.1. The second-order valence-electron chi connectivity index (χ2n) is 9.72. The summed E-state index contributed by atoms with van der Waals surface area (Å²) in [6.45, 7) is 5.48. The Morgan fingerprint density at radius 1 is 1.11 bits per heavy atom. The zero-order chi connectivity index (χ0) is 26.9. The second-order valence-corrected chi connectivity index (χ2v) is 10.1. The van der Waals surface area contributed by atoms with Crippen LogP contribution >= 0.6 is 11.6 Å². The first kappa shape index (κ1) is 26.4. The number of carbonyl (C=O) groups excluding carboxylic acids is 3. The van der Waals surface area contributed by atoms with Gasteiger partial charge in [-0.15, -0.1) is 0 Å². The standard InChI is InChI=1S/C28H30ClFN4O3/c1-17(35)16-34-24(26(36)31-4)15-22(25(34)28(2,3)20-14-19(30)11-12-21(20)29)32-27(37)33-13-7-9-18-8-5-6-10-23(18)33/h5-6,8,10-12,14-15H,7,9,13,16H2,1-4H3,(H,31,36)(H,32,37). The Bertz CT molecular complexity index is 1380. The lowest BCUT2D eigenvalue weighted by molar-refractivity contribution is -0.117. The number of nitrogens with one attached hydrogen (secondary N) is 2. The molecular weight excluding hydrogens is 495 g/mol. The molecule has 0 radical (unpaired) electrons. The van der Waals surface area contributed by atoms with Gasteiger partial charge in [-0.25, -0.2) is 9.18 Å². The molecule has 2 aromatic carbocycles. The number of fused-ring (bicyclic) bond motifs is 1. The van der Waals surface area contributed by atoms with Crippen LogP contribution in [0.3, 0.4) is 0 Å². The number of ketones is 1. The third kappa shape index (κ3) is 5.11. The van der Waals surface area contributed by atoms with Crippen molar-refractivity contribution < 1.29 is 18.8 Å². The van der Waals surface area contributed by atoms with Gasteiger partial charge in [0.05, 0.1) is 17.9 Å². The number of hydrogen-bond acceptors (Lipinski definition) is 3. The van der Waals surface area contributed by atoms with Gasteiger partial charge in [0.1, 0.15) is 17.3 Å². The summed E-state index contributed by atoms with van der Waals surface area (Å²) >= 11 is 6.50. The highest BCUT2D eigenvalue weighted by atomic mass is 35.5. The van der Waals surface area contributed by atoms with Crippen LogP contribution < -0.4 is 15.5 Å². The maximum absolute atomic E-state index is 14.3. The van der Waals surface area contributed by atoms with Gasteiger partial charge in [0.15, 0.2) is 0 Å². The maximum Gasteiger partial charge on any atom is 0.326 e. The summed E-state index contributed by atoms with van der Waals surface area (Å²) in [4.78, 5) is 40.4. The van der Waals surface area contributed by atoms with Crippen LogP contribution in [0.4, 0.5) is 20.6 Å². The largest absolute Gasteiger partial charge is 0.354 e. The van der Waals surface area contributed by atoms with E-state index < -0.39 is 17.1 Å². The first-order valence-corrected chi connectivity index (χ1v) is 12.5. The average Bonchev–Trinajstić information content (AvgIpc) is 3.22. The van der Waals surface area contributed by atoms with Gasteiger partial charge >= 0.3 is 6.03 Å². The SMILES string of the molecule is CNC(=O)c1cc(NC(=O)N2CCCc3ccccc32)c(C(C)(C)c2cc(F)ccc2Cl)n1CC(C)=O. The highest BCUT2D eigenvalue weighted by Gasteiger charge is 2.36. The lowest BCUT2D eigenvalue weighted by atomic mass is 9.80. The number of anilines is 2. The molecular formula is C28H30ClFN4O3. The van der Waals surface area contributed by atoms with Crippen molar-refractivity contribution in [3.05, 3.63) is 81.9 Å². The number of aromatic nitrogens is 1. The molecule has 194 valence electrons. The van der Waals surface area contributed by atoms with E-state index >= 15 is 0 Å². The van der Waals surface area contributed by atoms with Crippen molar-refractivity contribution in [3.8, 4) is 0 Å². The minimum Gasteiger partial charge on any atom is -0.354 e. The molecule has 0 saturated carbocycles. The first-order valence-electron chi connectivity index (χ1n) is 12.1. The van der Waals surface area contributed by atoms with Crippen molar-refractivity contribution in [1.82, 2.24) is 9.88 Å². The second kappa shape index (κ2) is 10.4. The molecule has 3 aromatic rings. The molecule has 2 N–H and O–H groups in total. The van der Waals surface area contributed by atoms with Gasteiger partial charge in [0, 0.05) is 29.7 Å². The summed E-state index contributed by atoms with van der Waals surface area (Å²) < 4.78 is 15.9. The van der Waals surface area contributed by atoms with Crippen molar-refractivity contribution in [1.29, 1.82) is 0 Å². The van der Waals surface area contributed by atoms with Crippen molar-refractivity contribution in [3.63, 3.8) is 0 Å². The van der Waals surface area contributed by atoms with E-state index in [-0.39, 0.29) is 24.1 Å². The van der Waals surface area contributed by atoms with E-state index in [2.05, 4.69) is 10.6 Å². The molecule has 1 aliphatic rings. The normalized spacial score (nSPS) is 13.2. The number of aryl methyl sites for hydroxylation is 1. The van der Waals surface area contributed by atoms with Crippen molar-refractivity contribution in [2.75, 3.05) is 23.8 Å². The monoisotopic (exact) mass is 524 g/mol. The Morgan fingerprint density at radius 3 is 2.54 bits per heavy atom. The lowest BCUT2D eigenvalue weighted by Gasteiger charge is -2.32. The fourth-order valence-corrected chi connectivity index (χ4v) is 5.41. The zero-order valence-electron chi connectivity index (χ0n) is 21.3. The molecule has 0 atom stereocenters. The molecule has 37 heavy (non-hydrogen) atoms. The number of halogens is 2. The van der Waals surface area contributed by atoms with Gasteiger partial charge in [-0.3, -0.25) is 14.5 Å². The van der Waals surface area contributed by atoms with Crippen molar-refractivity contribution in [2.24, 2.45) is 0 Å². The summed E-state index contributed by atoms with van der Waals surface area (Å²) in [5, 5.41) is 5.90. The number of hydrogen-bond donors (Lipinski definition) is 2. The molecule has 0 spiro atoms. The molecule has 4 rings (SSSR count). The van der Waals surface area contributed by atoms with Crippen LogP contribution in [0.5, 0.6) is 0 Å². The first-order chi connectivity index (χ1) is 17.5. The molecule has 1 aromatic heterocycles. The molecule has 2 heterocycles. The number of para-hydroxylation sites is 1. The summed E-state index contributed by atoms with van der Waals surface area (Å²) in [5.41, 5.74) is 2.38. The molecule has 0 saturated heterocycles.